The Morgan fingerprint density at radius 1 is 1.21 bits per heavy atom. The molecule has 1 aliphatic rings. The number of nitrogens with one attached hydrogen (secondary N) is 2. The average molecular weight is 558 g/mol. The van der Waals surface area contributed by atoms with Crippen molar-refractivity contribution in [2.75, 3.05) is 36.7 Å². The Bertz CT molecular complexity index is 1410. The predicted molar refractivity (Wildman–Crippen MR) is 143 cm³/mol. The van der Waals surface area contributed by atoms with Crippen LogP contribution in [0.15, 0.2) is 48.5 Å². The minimum Gasteiger partial charge on any atom is -0.379 e. The van der Waals surface area contributed by atoms with E-state index in [1.807, 2.05) is 0 Å². The molecule has 0 aliphatic carbocycles. The summed E-state index contributed by atoms with van der Waals surface area (Å²) in [6.07, 6.45) is 0.113. The number of anilines is 2. The number of rotatable bonds is 9. The number of aryl methyl sites for hydroxylation is 2. The zero-order chi connectivity index (χ0) is 27.3. The standard InChI is InChI=1S/C24H25ClN7O5P/c1-17-22(23(31(28-17)12-2-11-26)27-24(33)18-3-5-19(25)6-4-18)38(36,30-13-15-37-16-14-30)29-20-7-9-21(10-8-20)32(34)35/h3-10H,2,12-16H2,1H3,(H,27,33)(H,29,36)/t38-/m1/s1. The number of carbonyl (C=O) groups is 1. The number of halogens is 1. The van der Waals surface area contributed by atoms with Crippen LogP contribution in [0.2, 0.25) is 5.02 Å². The molecule has 3 aromatic rings. The first-order chi connectivity index (χ1) is 18.2. The third kappa shape index (κ3) is 5.87. The lowest BCUT2D eigenvalue weighted by Gasteiger charge is -2.35. The highest BCUT2D eigenvalue weighted by Gasteiger charge is 2.40. The monoisotopic (exact) mass is 557 g/mol. The molecule has 0 unspecified atom stereocenters. The van der Waals surface area contributed by atoms with Gasteiger partial charge in [0.05, 0.1) is 42.9 Å². The number of hydrogen-bond acceptors (Lipinski definition) is 7. The number of aromatic nitrogens is 2. The number of nitriles is 1. The number of amides is 1. The first-order valence-electron chi connectivity index (χ1n) is 11.7. The van der Waals surface area contributed by atoms with Crippen LogP contribution in [0.5, 0.6) is 0 Å². The molecule has 2 heterocycles. The maximum Gasteiger partial charge on any atom is 0.272 e. The average Bonchev–Trinajstić information content (AvgIpc) is 3.23. The Kier molecular flexibility index (Phi) is 8.44. The van der Waals surface area contributed by atoms with Gasteiger partial charge in [-0.05, 0) is 43.3 Å². The van der Waals surface area contributed by atoms with Crippen LogP contribution in [0, 0.1) is 28.4 Å². The molecule has 0 bridgehead atoms. The van der Waals surface area contributed by atoms with Crippen LogP contribution in [0.1, 0.15) is 22.5 Å². The van der Waals surface area contributed by atoms with Gasteiger partial charge >= 0.3 is 0 Å². The fourth-order valence-corrected chi connectivity index (χ4v) is 6.92. The zero-order valence-electron chi connectivity index (χ0n) is 20.5. The number of benzene rings is 2. The Balaban J connectivity index is 1.81. The molecule has 14 heteroatoms. The van der Waals surface area contributed by atoms with E-state index in [0.717, 1.165) is 0 Å². The van der Waals surface area contributed by atoms with Crippen molar-refractivity contribution in [3.63, 3.8) is 0 Å². The van der Waals surface area contributed by atoms with Crippen LogP contribution in [0.25, 0.3) is 0 Å². The highest BCUT2D eigenvalue weighted by molar-refractivity contribution is 7.71. The first kappa shape index (κ1) is 27.3. The van der Waals surface area contributed by atoms with E-state index in [2.05, 4.69) is 21.6 Å². The minimum atomic E-state index is -3.72. The molecule has 12 nitrogen and oxygen atoms in total. The van der Waals surface area contributed by atoms with Gasteiger partial charge in [0, 0.05) is 41.5 Å². The fraction of sp³-hybridized carbons (Fsp3) is 0.292. The highest BCUT2D eigenvalue weighted by atomic mass is 35.5. The van der Waals surface area contributed by atoms with Crippen molar-refractivity contribution in [2.24, 2.45) is 0 Å². The molecule has 2 N–H and O–H groups in total. The van der Waals surface area contributed by atoms with Crippen molar-refractivity contribution in [2.45, 2.75) is 19.9 Å². The van der Waals surface area contributed by atoms with E-state index < -0.39 is 18.3 Å². The molecule has 1 amide bonds. The van der Waals surface area contributed by atoms with Gasteiger partial charge < -0.3 is 15.1 Å². The molecular formula is C24H25ClN7O5P. The molecule has 0 radical (unpaired) electrons. The van der Waals surface area contributed by atoms with Gasteiger partial charge in [-0.1, -0.05) is 11.6 Å². The van der Waals surface area contributed by atoms with Crippen molar-refractivity contribution in [1.82, 2.24) is 14.5 Å². The van der Waals surface area contributed by atoms with Crippen molar-refractivity contribution in [3.05, 3.63) is 74.9 Å². The molecule has 198 valence electrons. The third-order valence-corrected chi connectivity index (χ3v) is 9.07. The van der Waals surface area contributed by atoms with Crippen LogP contribution >= 0.6 is 19.0 Å². The normalized spacial score (nSPS) is 15.3. The Morgan fingerprint density at radius 3 is 2.47 bits per heavy atom. The van der Waals surface area contributed by atoms with Crippen molar-refractivity contribution in [1.29, 1.82) is 5.26 Å². The van der Waals surface area contributed by atoms with Crippen LogP contribution in [-0.4, -0.2) is 51.6 Å². The molecule has 1 saturated heterocycles. The lowest BCUT2D eigenvalue weighted by Crippen LogP contribution is -2.40. The van der Waals surface area contributed by atoms with Gasteiger partial charge in [0.1, 0.15) is 11.1 Å². The van der Waals surface area contributed by atoms with Gasteiger partial charge in [-0.3, -0.25) is 19.5 Å². The summed E-state index contributed by atoms with van der Waals surface area (Å²) in [5.41, 5.74) is 1.02. The van der Waals surface area contributed by atoms with Gasteiger partial charge in [0.2, 0.25) is 0 Å². The number of hydrogen-bond donors (Lipinski definition) is 2. The van der Waals surface area contributed by atoms with E-state index >= 15 is 0 Å². The second kappa shape index (κ2) is 11.8. The van der Waals surface area contributed by atoms with E-state index in [-0.39, 0.29) is 29.8 Å². The molecule has 0 spiro atoms. The van der Waals surface area contributed by atoms with Crippen LogP contribution in [-0.2, 0) is 15.8 Å². The minimum absolute atomic E-state index is 0.104. The number of carbonyl (C=O) groups excluding carboxylic acids is 1. The number of ether oxygens (including phenoxy) is 1. The number of nitrogens with zero attached hydrogens (tertiary/aromatic N) is 5. The summed E-state index contributed by atoms with van der Waals surface area (Å²) in [5, 5.41) is 31.5. The Labute approximate surface area is 223 Å². The van der Waals surface area contributed by atoms with Crippen molar-refractivity contribution >= 4 is 47.4 Å². The molecule has 0 saturated carbocycles. The number of nitro groups is 1. The summed E-state index contributed by atoms with van der Waals surface area (Å²) in [5.74, 6) is -0.271. The zero-order valence-corrected chi connectivity index (χ0v) is 22.1. The van der Waals surface area contributed by atoms with Crippen LogP contribution < -0.4 is 15.7 Å². The molecular weight excluding hydrogens is 533 g/mol. The summed E-state index contributed by atoms with van der Waals surface area (Å²) in [4.78, 5) is 23.8. The molecule has 4 rings (SSSR count). The number of nitro benzene ring substituents is 1. The predicted octanol–water partition coefficient (Wildman–Crippen LogP) is 4.18. The van der Waals surface area contributed by atoms with Gasteiger partial charge in [-0.2, -0.15) is 10.4 Å². The summed E-state index contributed by atoms with van der Waals surface area (Å²) in [6.45, 7) is 3.21. The molecule has 1 aromatic heterocycles. The van der Waals surface area contributed by atoms with Gasteiger partial charge in [-0.15, -0.1) is 0 Å². The lowest BCUT2D eigenvalue weighted by molar-refractivity contribution is -0.384. The second-order valence-corrected chi connectivity index (χ2v) is 11.3. The SMILES string of the molecule is Cc1nn(CCC#N)c(NC(=O)c2ccc(Cl)cc2)c1[P@@](=O)(Nc1ccc([N+](=O)[O-])cc1)N1CCOCC1. The van der Waals surface area contributed by atoms with Gasteiger partial charge in [-0.25, -0.2) is 9.35 Å². The summed E-state index contributed by atoms with van der Waals surface area (Å²) < 4.78 is 23.7. The molecule has 1 fully saturated rings. The summed E-state index contributed by atoms with van der Waals surface area (Å²) in [7, 11) is -3.72. The number of non-ortho nitro benzene ring substituents is 1. The summed E-state index contributed by atoms with van der Waals surface area (Å²) >= 11 is 5.96. The van der Waals surface area contributed by atoms with E-state index in [9.17, 15) is 24.7 Å². The molecule has 38 heavy (non-hydrogen) atoms. The third-order valence-electron chi connectivity index (χ3n) is 5.92. The summed E-state index contributed by atoms with van der Waals surface area (Å²) in [6, 6.07) is 14.0. The van der Waals surface area contributed by atoms with E-state index in [4.69, 9.17) is 16.3 Å². The largest absolute Gasteiger partial charge is 0.379 e. The Hall–Kier alpha value is -3.75. The van der Waals surface area contributed by atoms with Crippen molar-refractivity contribution in [3.8, 4) is 6.07 Å². The molecule has 2 aromatic carbocycles. The van der Waals surface area contributed by atoms with E-state index in [1.54, 1.807) is 35.9 Å². The quantitative estimate of drug-likeness (QED) is 0.224. The van der Waals surface area contributed by atoms with Crippen LogP contribution in [0.3, 0.4) is 0 Å². The van der Waals surface area contributed by atoms with Crippen LogP contribution in [0.4, 0.5) is 17.2 Å². The lowest BCUT2D eigenvalue weighted by atomic mass is 10.2. The maximum atomic E-state index is 15.0. The van der Waals surface area contributed by atoms with Gasteiger partial charge in [0.15, 0.2) is 0 Å². The maximum absolute atomic E-state index is 15.0. The number of morpholine rings is 1. The topological polar surface area (TPSA) is 155 Å². The molecule has 1 atom stereocenters. The Morgan fingerprint density at radius 2 is 1.87 bits per heavy atom. The first-order valence-corrected chi connectivity index (χ1v) is 13.7. The van der Waals surface area contributed by atoms with E-state index in [1.165, 1.54) is 28.9 Å². The van der Waals surface area contributed by atoms with Crippen molar-refractivity contribution < 1.29 is 19.0 Å². The highest BCUT2D eigenvalue weighted by Crippen LogP contribution is 2.51. The molecule has 1 aliphatic heterocycles. The second-order valence-electron chi connectivity index (χ2n) is 8.43. The van der Waals surface area contributed by atoms with E-state index in [0.29, 0.717) is 48.3 Å². The fourth-order valence-electron chi connectivity index (χ4n) is 4.09. The smallest absolute Gasteiger partial charge is 0.272 e. The van der Waals surface area contributed by atoms with Gasteiger partial charge in [0.25, 0.3) is 19.0 Å².